The number of hydrogen-bond donors (Lipinski definition) is 1. The van der Waals surface area contributed by atoms with Gasteiger partial charge in [0, 0.05) is 26.6 Å². The van der Waals surface area contributed by atoms with Crippen molar-refractivity contribution >= 4 is 32.3 Å². The molecular weight excluding hydrogens is 766 g/mol. The molecule has 1 atom stereocenters. The molecule has 0 saturated heterocycles. The number of hydrogen-bond acceptors (Lipinski definition) is 5. The Kier molecular flexibility index (Phi) is 6.62. The molecule has 0 radical (unpaired) electrons. The molecule has 8 aromatic rings. The third kappa shape index (κ3) is 4.12. The molecule has 0 saturated carbocycles. The summed E-state index contributed by atoms with van der Waals surface area (Å²) in [6.07, 6.45) is 1.62. The number of nitrogens with zero attached hydrogens (tertiary/aromatic N) is 3. The summed E-state index contributed by atoms with van der Waals surface area (Å²) in [5, 5.41) is 16.0. The van der Waals surface area contributed by atoms with Crippen molar-refractivity contribution in [2.75, 3.05) is 0 Å². The van der Waals surface area contributed by atoms with E-state index in [0.717, 1.165) is 65.8 Å². The van der Waals surface area contributed by atoms with Crippen LogP contribution in [0.15, 0.2) is 139 Å². The van der Waals surface area contributed by atoms with Crippen molar-refractivity contribution in [2.24, 2.45) is 0 Å². The predicted molar refractivity (Wildman–Crippen MR) is 181 cm³/mol. The predicted octanol–water partition coefficient (Wildman–Crippen LogP) is 9.44. The van der Waals surface area contributed by atoms with Gasteiger partial charge >= 0.3 is 0 Å². The molecule has 1 unspecified atom stereocenters. The van der Waals surface area contributed by atoms with Gasteiger partial charge in [0.25, 0.3) is 0 Å². The zero-order valence-electron chi connectivity index (χ0n) is 25.2. The molecular formula is C40H24N3OPtS-. The normalized spacial score (nSPS) is 15.3. The monoisotopic (exact) mass is 790 g/mol. The van der Waals surface area contributed by atoms with Gasteiger partial charge in [-0.25, -0.2) is 4.98 Å². The molecule has 3 aromatic heterocycles. The zero-order chi connectivity index (χ0) is 30.8. The maximum absolute atomic E-state index is 10.8. The van der Waals surface area contributed by atoms with Gasteiger partial charge in [0.15, 0.2) is 0 Å². The van der Waals surface area contributed by atoms with E-state index in [2.05, 4.69) is 83.8 Å². The van der Waals surface area contributed by atoms with Gasteiger partial charge in [0.05, 0.1) is 18.2 Å². The fourth-order valence-corrected chi connectivity index (χ4v) is 7.74. The molecule has 0 bridgehead atoms. The first kappa shape index (κ1) is 27.4. The summed E-state index contributed by atoms with van der Waals surface area (Å²) in [5.41, 5.74) is 8.46. The number of aromatic hydroxyl groups is 1. The van der Waals surface area contributed by atoms with Gasteiger partial charge in [-0.05, 0) is 79.8 Å². The average Bonchev–Trinajstić information content (AvgIpc) is 3.70. The second kappa shape index (κ2) is 11.1. The van der Waals surface area contributed by atoms with Crippen molar-refractivity contribution in [1.29, 1.82) is 0 Å². The third-order valence-corrected chi connectivity index (χ3v) is 9.72. The molecule has 0 amide bonds. The zero-order valence-corrected chi connectivity index (χ0v) is 27.3. The standard InChI is InChI=1S/C40H24N3OS.Pt/c44-35-17-6-4-14-30(35)34-16-8-18-36(43-34)40(27-11-7-10-26(23-27)38-31-21-22-45-39(31)42-24-41-38)32-15-5-3-13-29(32)37-28-12-2-1-9-25(28)19-20-33(37)40;/h1-22,24,44H;/q-1;/i1D;. The molecule has 1 aliphatic rings. The molecule has 5 aromatic carbocycles. The Balaban J connectivity index is 0.00000324. The Morgan fingerprint density at radius 3 is 2.48 bits per heavy atom. The summed E-state index contributed by atoms with van der Waals surface area (Å²) in [6, 6.07) is 44.7. The van der Waals surface area contributed by atoms with Crippen molar-refractivity contribution in [3.05, 3.63) is 168 Å². The van der Waals surface area contributed by atoms with E-state index in [4.69, 9.17) is 11.3 Å². The number of para-hydroxylation sites is 1. The van der Waals surface area contributed by atoms with Gasteiger partial charge in [-0.15, -0.1) is 46.7 Å². The number of phenols is 1. The summed E-state index contributed by atoms with van der Waals surface area (Å²) in [6.45, 7) is 0. The van der Waals surface area contributed by atoms with E-state index in [9.17, 15) is 5.11 Å². The average molecular weight is 791 g/mol. The van der Waals surface area contributed by atoms with Crippen LogP contribution in [0.2, 0.25) is 0 Å². The topological polar surface area (TPSA) is 58.9 Å². The van der Waals surface area contributed by atoms with Crippen LogP contribution in [0.4, 0.5) is 0 Å². The molecule has 1 N–H and O–H groups in total. The summed E-state index contributed by atoms with van der Waals surface area (Å²) >= 11 is 1.60. The van der Waals surface area contributed by atoms with Crippen LogP contribution < -0.4 is 0 Å². The Morgan fingerprint density at radius 1 is 0.717 bits per heavy atom. The number of pyridine rings is 1. The van der Waals surface area contributed by atoms with E-state index in [-0.39, 0.29) is 26.8 Å². The first-order chi connectivity index (χ1) is 22.6. The van der Waals surface area contributed by atoms with Gasteiger partial charge in [0.1, 0.15) is 16.9 Å². The van der Waals surface area contributed by atoms with Crippen LogP contribution in [0, 0.1) is 6.07 Å². The molecule has 46 heavy (non-hydrogen) atoms. The largest absolute Gasteiger partial charge is 0.507 e. The van der Waals surface area contributed by atoms with Crippen molar-refractivity contribution in [3.63, 3.8) is 0 Å². The van der Waals surface area contributed by atoms with E-state index in [1.165, 1.54) is 0 Å². The Labute approximate surface area is 285 Å². The van der Waals surface area contributed by atoms with E-state index in [1.54, 1.807) is 23.7 Å². The Morgan fingerprint density at radius 2 is 1.57 bits per heavy atom. The van der Waals surface area contributed by atoms with Gasteiger partial charge in [0.2, 0.25) is 0 Å². The minimum atomic E-state index is -0.836. The molecule has 222 valence electrons. The van der Waals surface area contributed by atoms with Crippen molar-refractivity contribution < 1.29 is 27.5 Å². The van der Waals surface area contributed by atoms with Crippen LogP contribution in [0.5, 0.6) is 5.75 Å². The minimum absolute atomic E-state index is 0. The van der Waals surface area contributed by atoms with Crippen molar-refractivity contribution in [1.82, 2.24) is 15.0 Å². The molecule has 3 heterocycles. The quantitative estimate of drug-likeness (QED) is 0.181. The second-order valence-electron chi connectivity index (χ2n) is 11.2. The van der Waals surface area contributed by atoms with Crippen molar-refractivity contribution in [2.45, 2.75) is 5.41 Å². The molecule has 1 aliphatic carbocycles. The summed E-state index contributed by atoms with van der Waals surface area (Å²) in [7, 11) is 0. The number of aromatic nitrogens is 3. The SMILES string of the molecule is [2H]c1ccc2c3c(ccc2c1)C(c1[c-]c(-c2ncnc4sccc24)ccc1)(c1cccc(-c2ccccc2O)n1)c1ccccc1-3.[Pt]. The van der Waals surface area contributed by atoms with E-state index >= 15 is 0 Å². The fraction of sp³-hybridized carbons (Fsp3) is 0.0250. The van der Waals surface area contributed by atoms with Crippen LogP contribution in [0.3, 0.4) is 0 Å². The van der Waals surface area contributed by atoms with Gasteiger partial charge in [-0.3, -0.25) is 9.97 Å². The van der Waals surface area contributed by atoms with Crippen LogP contribution in [-0.4, -0.2) is 20.1 Å². The number of thiophene rings is 1. The second-order valence-corrected chi connectivity index (χ2v) is 12.1. The maximum Gasteiger partial charge on any atom is 0.124 e. The van der Waals surface area contributed by atoms with Crippen LogP contribution in [-0.2, 0) is 26.5 Å². The molecule has 0 fully saturated rings. The molecule has 0 aliphatic heterocycles. The van der Waals surface area contributed by atoms with Crippen LogP contribution in [0.1, 0.15) is 23.8 Å². The molecule has 4 nitrogen and oxygen atoms in total. The molecule has 9 rings (SSSR count). The van der Waals surface area contributed by atoms with Crippen molar-refractivity contribution in [3.8, 4) is 39.4 Å². The van der Waals surface area contributed by atoms with Gasteiger partial charge in [-0.2, -0.15) is 0 Å². The number of phenolic OH excluding ortho intramolecular Hbond substituents is 1. The van der Waals surface area contributed by atoms with Gasteiger partial charge in [-0.1, -0.05) is 78.8 Å². The van der Waals surface area contributed by atoms with E-state index in [0.29, 0.717) is 17.3 Å². The summed E-state index contributed by atoms with van der Waals surface area (Å²) in [5.74, 6) is 0.183. The summed E-state index contributed by atoms with van der Waals surface area (Å²) in [4.78, 5) is 15.5. The van der Waals surface area contributed by atoms with Crippen LogP contribution >= 0.6 is 11.3 Å². The number of rotatable bonds is 4. The molecule has 6 heteroatoms. The van der Waals surface area contributed by atoms with Crippen LogP contribution in [0.25, 0.3) is 54.6 Å². The van der Waals surface area contributed by atoms with Gasteiger partial charge < -0.3 is 5.11 Å². The minimum Gasteiger partial charge on any atom is -0.507 e. The third-order valence-electron chi connectivity index (χ3n) is 8.90. The molecule has 0 spiro atoms. The van der Waals surface area contributed by atoms with E-state index in [1.807, 2.05) is 47.8 Å². The van der Waals surface area contributed by atoms with E-state index < -0.39 is 5.41 Å². The smallest absolute Gasteiger partial charge is 0.124 e. The summed E-state index contributed by atoms with van der Waals surface area (Å²) < 4.78 is 8.29. The Bertz CT molecular complexity index is 2500. The number of fused-ring (bicyclic) bond motifs is 6. The Hall–Kier alpha value is -4.96. The maximum atomic E-state index is 10.8. The number of benzene rings is 5. The fourth-order valence-electron chi connectivity index (χ4n) is 7.00. The first-order valence-corrected chi connectivity index (χ1v) is 15.6. The first-order valence-electron chi connectivity index (χ1n) is 15.2.